The molecule has 0 saturated heterocycles. The molecule has 4 nitrogen and oxygen atoms in total. The van der Waals surface area contributed by atoms with Gasteiger partial charge < -0.3 is 10.5 Å². The second kappa shape index (κ2) is 7.80. The number of alkyl halides is 3. The first-order valence-electron chi connectivity index (χ1n) is 8.07. The Bertz CT molecular complexity index is 760. The van der Waals surface area contributed by atoms with Crippen molar-refractivity contribution >= 4 is 11.6 Å². The fraction of sp³-hybridized carbons (Fsp3) is 0.444. The second-order valence-corrected chi connectivity index (χ2v) is 7.42. The van der Waals surface area contributed by atoms with Gasteiger partial charge in [0.1, 0.15) is 5.75 Å². The minimum Gasteiger partial charge on any atom is -0.492 e. The maximum Gasteiger partial charge on any atom is 0.451 e. The van der Waals surface area contributed by atoms with E-state index in [1.54, 1.807) is 12.1 Å². The molecule has 2 rings (SSSR count). The van der Waals surface area contributed by atoms with Gasteiger partial charge in [0.15, 0.2) is 0 Å². The molecular weight excluding hydrogens is 367 g/mol. The molecule has 2 aromatic rings. The van der Waals surface area contributed by atoms with E-state index in [1.165, 1.54) is 12.1 Å². The Morgan fingerprint density at radius 1 is 1.23 bits per heavy atom. The van der Waals surface area contributed by atoms with Crippen LogP contribution in [0.3, 0.4) is 0 Å². The Kier molecular flexibility index (Phi) is 6.13. The van der Waals surface area contributed by atoms with Crippen LogP contribution in [-0.4, -0.2) is 22.1 Å². The highest BCUT2D eigenvalue weighted by molar-refractivity contribution is 6.32. The van der Waals surface area contributed by atoms with Crippen molar-refractivity contribution in [3.8, 4) is 17.0 Å². The van der Waals surface area contributed by atoms with Crippen LogP contribution in [0.1, 0.15) is 33.0 Å². The Hall–Kier alpha value is -1.86. The highest BCUT2D eigenvalue weighted by Crippen LogP contribution is 2.32. The molecule has 142 valence electrons. The molecule has 0 fully saturated rings. The van der Waals surface area contributed by atoms with Gasteiger partial charge in [-0.25, -0.2) is 9.97 Å². The Morgan fingerprint density at radius 3 is 2.50 bits per heavy atom. The first-order chi connectivity index (χ1) is 12.0. The molecular formula is C18H21ClF3N3O. The monoisotopic (exact) mass is 387 g/mol. The van der Waals surface area contributed by atoms with Crippen LogP contribution in [0.25, 0.3) is 11.3 Å². The summed E-state index contributed by atoms with van der Waals surface area (Å²) in [5.74, 6) is -0.506. The quantitative estimate of drug-likeness (QED) is 0.761. The number of ether oxygens (including phenoxy) is 1. The fourth-order valence-corrected chi connectivity index (χ4v) is 2.86. The third kappa shape index (κ3) is 5.85. The molecule has 8 heteroatoms. The highest BCUT2D eigenvalue weighted by atomic mass is 35.5. The summed E-state index contributed by atoms with van der Waals surface area (Å²) < 4.78 is 43.9. The molecule has 0 radical (unpaired) electrons. The third-order valence-electron chi connectivity index (χ3n) is 3.53. The molecule has 1 atom stereocenters. The minimum atomic E-state index is -4.60. The van der Waals surface area contributed by atoms with Gasteiger partial charge in [-0.05, 0) is 50.5 Å². The lowest BCUT2D eigenvalue weighted by molar-refractivity contribution is -0.144. The molecule has 0 spiro atoms. The zero-order valence-electron chi connectivity index (χ0n) is 14.8. The van der Waals surface area contributed by atoms with Gasteiger partial charge in [0.05, 0.1) is 17.3 Å². The van der Waals surface area contributed by atoms with Crippen LogP contribution in [0.4, 0.5) is 13.2 Å². The van der Waals surface area contributed by atoms with Crippen LogP contribution >= 0.6 is 11.6 Å². The number of benzene rings is 1. The molecule has 1 heterocycles. The molecule has 0 saturated carbocycles. The Balaban J connectivity index is 2.12. The van der Waals surface area contributed by atoms with Crippen molar-refractivity contribution in [2.24, 2.45) is 11.7 Å². The topological polar surface area (TPSA) is 61.0 Å². The second-order valence-electron chi connectivity index (χ2n) is 7.02. The van der Waals surface area contributed by atoms with Crippen molar-refractivity contribution in [1.29, 1.82) is 0 Å². The molecule has 1 aromatic carbocycles. The van der Waals surface area contributed by atoms with Crippen LogP contribution < -0.4 is 10.5 Å². The van der Waals surface area contributed by atoms with Gasteiger partial charge in [0, 0.05) is 17.3 Å². The van der Waals surface area contributed by atoms with Gasteiger partial charge in [-0.15, -0.1) is 0 Å². The third-order valence-corrected chi connectivity index (χ3v) is 3.83. The molecule has 0 unspecified atom stereocenters. The van der Waals surface area contributed by atoms with E-state index in [0.29, 0.717) is 22.9 Å². The molecule has 0 amide bonds. The molecule has 26 heavy (non-hydrogen) atoms. The van der Waals surface area contributed by atoms with Crippen molar-refractivity contribution in [2.75, 3.05) is 6.61 Å². The average molecular weight is 388 g/mol. The molecule has 0 bridgehead atoms. The highest BCUT2D eigenvalue weighted by Gasteiger charge is 2.34. The molecule has 0 aliphatic carbocycles. The normalized spacial score (nSPS) is 13.5. The zero-order valence-corrected chi connectivity index (χ0v) is 15.5. The lowest BCUT2D eigenvalue weighted by atomic mass is 9.93. The molecule has 0 aliphatic rings. The molecule has 0 aliphatic heterocycles. The number of nitrogens with zero attached hydrogens (tertiary/aromatic N) is 2. The molecule has 2 N–H and O–H groups in total. The summed E-state index contributed by atoms with van der Waals surface area (Å²) in [5, 5.41) is 0.300. The minimum absolute atomic E-state index is 0.138. The van der Waals surface area contributed by atoms with Gasteiger partial charge in [-0.1, -0.05) is 18.5 Å². The SMILES string of the molecule is C[C@H](COc1ccc(-c2ccnc(C(F)(F)F)n2)cc1Cl)CC(C)(C)N. The van der Waals surface area contributed by atoms with Crippen LogP contribution in [0.2, 0.25) is 5.02 Å². The summed E-state index contributed by atoms with van der Waals surface area (Å²) in [7, 11) is 0. The van der Waals surface area contributed by atoms with E-state index in [1.807, 2.05) is 20.8 Å². The first-order valence-corrected chi connectivity index (χ1v) is 8.45. The summed E-state index contributed by atoms with van der Waals surface area (Å²) >= 11 is 6.21. The largest absolute Gasteiger partial charge is 0.492 e. The van der Waals surface area contributed by atoms with Gasteiger partial charge in [0.25, 0.3) is 0 Å². The number of rotatable bonds is 6. The van der Waals surface area contributed by atoms with Crippen LogP contribution in [0.15, 0.2) is 30.5 Å². The van der Waals surface area contributed by atoms with Crippen molar-refractivity contribution in [3.05, 3.63) is 41.3 Å². The maximum atomic E-state index is 12.7. The van der Waals surface area contributed by atoms with Crippen LogP contribution in [0.5, 0.6) is 5.75 Å². The number of hydrogen-bond acceptors (Lipinski definition) is 4. The van der Waals surface area contributed by atoms with Gasteiger partial charge in [-0.3, -0.25) is 0 Å². The predicted molar refractivity (Wildman–Crippen MR) is 95.0 cm³/mol. The van der Waals surface area contributed by atoms with Crippen LogP contribution in [-0.2, 0) is 6.18 Å². The summed E-state index contributed by atoms with van der Waals surface area (Å²) in [4.78, 5) is 6.80. The van der Waals surface area contributed by atoms with E-state index in [0.717, 1.165) is 12.6 Å². The smallest absolute Gasteiger partial charge is 0.451 e. The maximum absolute atomic E-state index is 12.7. The zero-order chi connectivity index (χ0) is 19.5. The van der Waals surface area contributed by atoms with Gasteiger partial charge in [0.2, 0.25) is 5.82 Å². The number of aromatic nitrogens is 2. The van der Waals surface area contributed by atoms with E-state index in [4.69, 9.17) is 22.1 Å². The van der Waals surface area contributed by atoms with Crippen LogP contribution in [0, 0.1) is 5.92 Å². The van der Waals surface area contributed by atoms with E-state index >= 15 is 0 Å². The lowest BCUT2D eigenvalue weighted by Gasteiger charge is -2.23. The summed E-state index contributed by atoms with van der Waals surface area (Å²) in [6.07, 6.45) is -2.75. The fourth-order valence-electron chi connectivity index (χ4n) is 2.62. The standard InChI is InChI=1S/C18H21ClF3N3O/c1-11(9-17(2,3)23)10-26-15-5-4-12(8-13(15)19)14-6-7-24-16(25-14)18(20,21)22/h4-8,11H,9-10,23H2,1-3H3/t11-/m0/s1. The van der Waals surface area contributed by atoms with Gasteiger partial charge in [-0.2, -0.15) is 13.2 Å². The Labute approximate surface area is 155 Å². The van der Waals surface area contributed by atoms with E-state index in [-0.39, 0.29) is 17.2 Å². The first kappa shape index (κ1) is 20.5. The van der Waals surface area contributed by atoms with E-state index < -0.39 is 12.0 Å². The average Bonchev–Trinajstić information content (AvgIpc) is 2.51. The van der Waals surface area contributed by atoms with Crippen molar-refractivity contribution in [1.82, 2.24) is 9.97 Å². The summed E-state index contributed by atoms with van der Waals surface area (Å²) in [5.41, 5.74) is 6.28. The van der Waals surface area contributed by atoms with Crippen molar-refractivity contribution in [3.63, 3.8) is 0 Å². The number of nitrogens with two attached hydrogens (primary N) is 1. The lowest BCUT2D eigenvalue weighted by Crippen LogP contribution is -2.35. The van der Waals surface area contributed by atoms with E-state index in [2.05, 4.69) is 9.97 Å². The Morgan fingerprint density at radius 2 is 1.92 bits per heavy atom. The summed E-state index contributed by atoms with van der Waals surface area (Å²) in [6, 6.07) is 6.15. The number of halogens is 4. The predicted octanol–water partition coefficient (Wildman–Crippen LogP) is 4.96. The summed E-state index contributed by atoms with van der Waals surface area (Å²) in [6.45, 7) is 6.35. The van der Waals surface area contributed by atoms with Crippen molar-refractivity contribution < 1.29 is 17.9 Å². The van der Waals surface area contributed by atoms with Crippen molar-refractivity contribution in [2.45, 2.75) is 38.9 Å². The van der Waals surface area contributed by atoms with Gasteiger partial charge >= 0.3 is 6.18 Å². The van der Waals surface area contributed by atoms with E-state index in [9.17, 15) is 13.2 Å². The molecule has 1 aromatic heterocycles. The number of hydrogen-bond donors (Lipinski definition) is 1.